The third-order valence-electron chi connectivity index (χ3n) is 5.47. The van der Waals surface area contributed by atoms with Gasteiger partial charge in [0.15, 0.2) is 0 Å². The van der Waals surface area contributed by atoms with E-state index in [1.54, 1.807) is 49.4 Å². The van der Waals surface area contributed by atoms with Crippen LogP contribution >= 0.6 is 11.6 Å². The maximum atomic E-state index is 13.3. The van der Waals surface area contributed by atoms with E-state index in [1.807, 2.05) is 6.07 Å². The Morgan fingerprint density at radius 1 is 1.10 bits per heavy atom. The number of rotatable bonds is 4. The zero-order valence-electron chi connectivity index (χ0n) is 16.3. The number of benzene rings is 2. The number of hydrogen-bond acceptors (Lipinski definition) is 4. The lowest BCUT2D eigenvalue weighted by Crippen LogP contribution is -2.33. The number of esters is 1. The molecule has 3 aromatic rings. The monoisotopic (exact) mass is 410 g/mol. The number of ether oxygens (including phenoxy) is 1. The average molecular weight is 411 g/mol. The molecule has 1 heterocycles. The topological polar surface area (TPSA) is 61.2 Å². The first kappa shape index (κ1) is 19.6. The van der Waals surface area contributed by atoms with E-state index in [0.717, 1.165) is 31.2 Å². The first-order valence-electron chi connectivity index (χ1n) is 10.0. The summed E-state index contributed by atoms with van der Waals surface area (Å²) in [7, 11) is 0. The van der Waals surface area contributed by atoms with Crippen LogP contribution in [0.3, 0.4) is 0 Å². The molecule has 0 spiro atoms. The zero-order valence-corrected chi connectivity index (χ0v) is 17.1. The van der Waals surface area contributed by atoms with Gasteiger partial charge in [-0.3, -0.25) is 9.36 Å². The van der Waals surface area contributed by atoms with Gasteiger partial charge in [-0.25, -0.2) is 9.78 Å². The van der Waals surface area contributed by atoms with Crippen molar-refractivity contribution in [3.63, 3.8) is 0 Å². The summed E-state index contributed by atoms with van der Waals surface area (Å²) >= 11 is 6.02. The van der Waals surface area contributed by atoms with Crippen molar-refractivity contribution in [1.29, 1.82) is 0 Å². The van der Waals surface area contributed by atoms with Gasteiger partial charge in [0.25, 0.3) is 5.56 Å². The van der Waals surface area contributed by atoms with E-state index in [1.165, 1.54) is 11.0 Å². The normalized spacial score (nSPS) is 15.9. The molecule has 1 fully saturated rings. The summed E-state index contributed by atoms with van der Waals surface area (Å²) in [6.45, 7) is 1.70. The Morgan fingerprint density at radius 3 is 2.52 bits per heavy atom. The van der Waals surface area contributed by atoms with Gasteiger partial charge in [-0.15, -0.1) is 0 Å². The van der Waals surface area contributed by atoms with Crippen molar-refractivity contribution in [1.82, 2.24) is 9.55 Å². The van der Waals surface area contributed by atoms with Gasteiger partial charge in [-0.1, -0.05) is 30.2 Å². The van der Waals surface area contributed by atoms with Crippen LogP contribution in [0.25, 0.3) is 22.3 Å². The quantitative estimate of drug-likeness (QED) is 0.558. The lowest BCUT2D eigenvalue weighted by molar-refractivity contribution is -0.154. The number of aromatic nitrogens is 2. The number of hydrogen-bond donors (Lipinski definition) is 0. The number of para-hydroxylation sites is 1. The van der Waals surface area contributed by atoms with Gasteiger partial charge in [0.2, 0.25) is 0 Å². The molecule has 1 aliphatic carbocycles. The van der Waals surface area contributed by atoms with Gasteiger partial charge < -0.3 is 4.74 Å². The second-order valence-corrected chi connectivity index (χ2v) is 7.94. The fourth-order valence-electron chi connectivity index (χ4n) is 3.86. The van der Waals surface area contributed by atoms with Crippen LogP contribution < -0.4 is 5.56 Å². The van der Waals surface area contributed by atoms with Gasteiger partial charge >= 0.3 is 5.97 Å². The highest BCUT2D eigenvalue weighted by atomic mass is 35.5. The molecule has 0 radical (unpaired) electrons. The molecule has 1 aliphatic rings. The Hall–Kier alpha value is -2.66. The molecule has 1 saturated carbocycles. The smallest absolute Gasteiger partial charge is 0.329 e. The molecule has 1 aromatic heterocycles. The maximum absolute atomic E-state index is 13.3. The van der Waals surface area contributed by atoms with Crippen LogP contribution in [0.1, 0.15) is 45.1 Å². The van der Waals surface area contributed by atoms with Crippen molar-refractivity contribution in [3.8, 4) is 11.4 Å². The molecule has 5 nitrogen and oxygen atoms in total. The summed E-state index contributed by atoms with van der Waals surface area (Å²) in [4.78, 5) is 30.9. The second-order valence-electron chi connectivity index (χ2n) is 7.51. The summed E-state index contributed by atoms with van der Waals surface area (Å²) < 4.78 is 7.18. The van der Waals surface area contributed by atoms with Crippen molar-refractivity contribution >= 4 is 28.5 Å². The standard InChI is InChI=1S/C23H23ClN2O3/c1-15(23(28)29-18-7-3-2-4-8-18)26-21(16-11-13-17(24)14-12-16)25-20-10-6-5-9-19(20)22(26)27/h5-6,9-15,18H,2-4,7-8H2,1H3. The lowest BCUT2D eigenvalue weighted by atomic mass is 9.98. The summed E-state index contributed by atoms with van der Waals surface area (Å²) in [6.07, 6.45) is 5.01. The largest absolute Gasteiger partial charge is 0.461 e. The molecule has 0 aliphatic heterocycles. The van der Waals surface area contributed by atoms with Crippen LogP contribution in [-0.4, -0.2) is 21.6 Å². The highest BCUT2D eigenvalue weighted by molar-refractivity contribution is 6.30. The Kier molecular flexibility index (Phi) is 5.67. The van der Waals surface area contributed by atoms with E-state index in [0.29, 0.717) is 21.7 Å². The van der Waals surface area contributed by atoms with Crippen molar-refractivity contribution in [2.24, 2.45) is 0 Å². The van der Waals surface area contributed by atoms with E-state index in [4.69, 9.17) is 21.3 Å². The van der Waals surface area contributed by atoms with Gasteiger partial charge in [-0.05, 0) is 69.0 Å². The summed E-state index contributed by atoms with van der Waals surface area (Å²) in [5.74, 6) is 0.0322. The van der Waals surface area contributed by atoms with Crippen LogP contribution in [0.4, 0.5) is 0 Å². The number of carbonyl (C=O) groups is 1. The molecule has 1 unspecified atom stereocenters. The van der Waals surface area contributed by atoms with E-state index in [-0.39, 0.29) is 11.7 Å². The van der Waals surface area contributed by atoms with Crippen molar-refractivity contribution < 1.29 is 9.53 Å². The molecule has 4 rings (SSSR count). The fraction of sp³-hybridized carbons (Fsp3) is 0.348. The number of carbonyl (C=O) groups excluding carboxylic acids is 1. The van der Waals surface area contributed by atoms with Gasteiger partial charge in [0.05, 0.1) is 10.9 Å². The molecule has 29 heavy (non-hydrogen) atoms. The Bertz CT molecular complexity index is 1090. The predicted octanol–water partition coefficient (Wildman–Crippen LogP) is 5.15. The minimum Gasteiger partial charge on any atom is -0.461 e. The average Bonchev–Trinajstić information content (AvgIpc) is 2.74. The van der Waals surface area contributed by atoms with Crippen molar-refractivity contribution in [2.45, 2.75) is 51.2 Å². The third kappa shape index (κ3) is 4.06. The number of halogens is 1. The van der Waals surface area contributed by atoms with Crippen LogP contribution in [-0.2, 0) is 9.53 Å². The molecular formula is C23H23ClN2O3. The Morgan fingerprint density at radius 2 is 1.79 bits per heavy atom. The molecule has 0 amide bonds. The molecule has 0 bridgehead atoms. The van der Waals surface area contributed by atoms with Crippen LogP contribution in [0, 0.1) is 0 Å². The Labute approximate surface area is 174 Å². The second kappa shape index (κ2) is 8.37. The van der Waals surface area contributed by atoms with Crippen LogP contribution in [0.15, 0.2) is 53.3 Å². The highest BCUT2D eigenvalue weighted by Crippen LogP contribution is 2.26. The summed E-state index contributed by atoms with van der Waals surface area (Å²) in [5.41, 5.74) is 1.05. The summed E-state index contributed by atoms with van der Waals surface area (Å²) in [6, 6.07) is 13.5. The molecule has 150 valence electrons. The first-order chi connectivity index (χ1) is 14.0. The van der Waals surface area contributed by atoms with E-state index in [9.17, 15) is 9.59 Å². The molecule has 1 atom stereocenters. The van der Waals surface area contributed by atoms with Crippen molar-refractivity contribution in [2.75, 3.05) is 0 Å². The van der Waals surface area contributed by atoms with Gasteiger partial charge in [0.1, 0.15) is 18.0 Å². The van der Waals surface area contributed by atoms with E-state index in [2.05, 4.69) is 0 Å². The van der Waals surface area contributed by atoms with E-state index >= 15 is 0 Å². The minimum atomic E-state index is -0.785. The summed E-state index contributed by atoms with van der Waals surface area (Å²) in [5, 5.41) is 1.07. The minimum absolute atomic E-state index is 0.0678. The van der Waals surface area contributed by atoms with Crippen molar-refractivity contribution in [3.05, 3.63) is 63.9 Å². The molecular weight excluding hydrogens is 388 g/mol. The molecule has 2 aromatic carbocycles. The highest BCUT2D eigenvalue weighted by Gasteiger charge is 2.26. The number of nitrogens with zero attached hydrogens (tertiary/aromatic N) is 2. The molecule has 6 heteroatoms. The predicted molar refractivity (Wildman–Crippen MR) is 114 cm³/mol. The van der Waals surface area contributed by atoms with Crippen LogP contribution in [0.2, 0.25) is 5.02 Å². The zero-order chi connectivity index (χ0) is 20.4. The number of fused-ring (bicyclic) bond motifs is 1. The SMILES string of the molecule is CC(C(=O)OC1CCCCC1)n1c(-c2ccc(Cl)cc2)nc2ccccc2c1=O. The van der Waals surface area contributed by atoms with Crippen LogP contribution in [0.5, 0.6) is 0 Å². The van der Waals surface area contributed by atoms with Gasteiger partial charge in [-0.2, -0.15) is 0 Å². The third-order valence-corrected chi connectivity index (χ3v) is 5.73. The van der Waals surface area contributed by atoms with Gasteiger partial charge in [0, 0.05) is 10.6 Å². The maximum Gasteiger partial charge on any atom is 0.329 e. The molecule has 0 saturated heterocycles. The van der Waals surface area contributed by atoms with E-state index < -0.39 is 12.0 Å². The lowest BCUT2D eigenvalue weighted by Gasteiger charge is -2.25. The Balaban J connectivity index is 1.79. The fourth-order valence-corrected chi connectivity index (χ4v) is 3.98. The molecule has 0 N–H and O–H groups in total. The first-order valence-corrected chi connectivity index (χ1v) is 10.4.